The van der Waals surface area contributed by atoms with Crippen molar-refractivity contribution in [3.05, 3.63) is 12.4 Å². The van der Waals surface area contributed by atoms with Crippen LogP contribution in [0.15, 0.2) is 17.6 Å². The first-order valence-electron chi connectivity index (χ1n) is 6.04. The van der Waals surface area contributed by atoms with Crippen molar-refractivity contribution in [3.8, 4) is 0 Å². The molecule has 3 nitrogen and oxygen atoms in total. The maximum atomic E-state index is 4.38. The van der Waals surface area contributed by atoms with E-state index in [0.29, 0.717) is 11.3 Å². The summed E-state index contributed by atoms with van der Waals surface area (Å²) < 4.78 is 2.09. The second-order valence-electron chi connectivity index (χ2n) is 4.07. The minimum Gasteiger partial charge on any atom is -0.329 e. The highest BCUT2D eigenvalue weighted by atomic mass is 32.2. The first-order chi connectivity index (χ1) is 7.72. The Morgan fingerprint density at radius 3 is 2.69 bits per heavy atom. The molecule has 0 amide bonds. The van der Waals surface area contributed by atoms with Crippen LogP contribution in [0.25, 0.3) is 0 Å². The molecule has 92 valence electrons. The Kier molecular flexibility index (Phi) is 5.91. The minimum atomic E-state index is 0.580. The normalized spacial score (nSPS) is 15.0. The van der Waals surface area contributed by atoms with Crippen LogP contribution in [0.5, 0.6) is 0 Å². The Labute approximate surface area is 103 Å². The molecule has 0 saturated carbocycles. The first-order valence-corrected chi connectivity index (χ1v) is 6.92. The molecule has 0 saturated heterocycles. The molecule has 1 rings (SSSR count). The molecule has 4 heteroatoms. The van der Waals surface area contributed by atoms with E-state index < -0.39 is 0 Å². The highest BCUT2D eigenvalue weighted by Gasteiger charge is 2.20. The van der Waals surface area contributed by atoms with Crippen LogP contribution in [0, 0.1) is 0 Å². The topological polar surface area (TPSA) is 29.9 Å². The maximum Gasteiger partial charge on any atom is 0.167 e. The van der Waals surface area contributed by atoms with Crippen molar-refractivity contribution in [1.29, 1.82) is 0 Å². The largest absolute Gasteiger partial charge is 0.329 e. The summed E-state index contributed by atoms with van der Waals surface area (Å²) in [7, 11) is 4.11. The van der Waals surface area contributed by atoms with E-state index in [0.717, 1.165) is 5.16 Å². The Morgan fingerprint density at radius 1 is 1.50 bits per heavy atom. The van der Waals surface area contributed by atoms with Crippen LogP contribution in [0.1, 0.15) is 33.1 Å². The molecule has 1 aromatic rings. The lowest BCUT2D eigenvalue weighted by Gasteiger charge is -2.24. The van der Waals surface area contributed by atoms with E-state index >= 15 is 0 Å². The van der Waals surface area contributed by atoms with Gasteiger partial charge < -0.3 is 9.88 Å². The van der Waals surface area contributed by atoms with Crippen LogP contribution in [-0.4, -0.2) is 27.9 Å². The van der Waals surface area contributed by atoms with Crippen molar-refractivity contribution in [2.24, 2.45) is 7.05 Å². The molecule has 0 aromatic carbocycles. The zero-order chi connectivity index (χ0) is 12.0. The third kappa shape index (κ3) is 3.52. The Hall–Kier alpha value is -0.480. The van der Waals surface area contributed by atoms with E-state index in [-0.39, 0.29) is 0 Å². The van der Waals surface area contributed by atoms with Gasteiger partial charge >= 0.3 is 0 Å². The smallest absolute Gasteiger partial charge is 0.167 e. The third-order valence-corrected chi connectivity index (χ3v) is 4.42. The first kappa shape index (κ1) is 13.6. The lowest BCUT2D eigenvalue weighted by Crippen LogP contribution is -2.35. The molecule has 0 fully saturated rings. The van der Waals surface area contributed by atoms with Crippen molar-refractivity contribution >= 4 is 11.8 Å². The van der Waals surface area contributed by atoms with Gasteiger partial charge in [0.2, 0.25) is 0 Å². The summed E-state index contributed by atoms with van der Waals surface area (Å²) in [5.41, 5.74) is 0. The van der Waals surface area contributed by atoms with Crippen molar-refractivity contribution in [2.75, 3.05) is 7.05 Å². The number of aromatic nitrogens is 2. The summed E-state index contributed by atoms with van der Waals surface area (Å²) in [6.45, 7) is 4.49. The number of hydrogen-bond donors (Lipinski definition) is 1. The monoisotopic (exact) mass is 241 g/mol. The number of aryl methyl sites for hydroxylation is 1. The second kappa shape index (κ2) is 6.97. The molecule has 1 aromatic heterocycles. The zero-order valence-corrected chi connectivity index (χ0v) is 11.5. The Bertz CT molecular complexity index is 298. The standard InChI is InChI=1S/C12H23N3S/c1-5-7-10(13-3)11(6-2)16-12-14-8-9-15(12)4/h8-11,13H,5-7H2,1-4H3. The van der Waals surface area contributed by atoms with Crippen molar-refractivity contribution in [3.63, 3.8) is 0 Å². The van der Waals surface area contributed by atoms with Gasteiger partial charge in [-0.2, -0.15) is 0 Å². The third-order valence-electron chi connectivity index (χ3n) is 2.86. The quantitative estimate of drug-likeness (QED) is 0.744. The number of rotatable bonds is 7. The van der Waals surface area contributed by atoms with E-state index in [4.69, 9.17) is 0 Å². The van der Waals surface area contributed by atoms with Crippen molar-refractivity contribution < 1.29 is 0 Å². The van der Waals surface area contributed by atoms with Gasteiger partial charge in [0.1, 0.15) is 0 Å². The van der Waals surface area contributed by atoms with Crippen LogP contribution in [0.4, 0.5) is 0 Å². The molecule has 1 heterocycles. The lowest BCUT2D eigenvalue weighted by atomic mass is 10.1. The predicted octanol–water partition coefficient (Wildman–Crippen LogP) is 2.68. The minimum absolute atomic E-state index is 0.580. The summed E-state index contributed by atoms with van der Waals surface area (Å²) in [6, 6.07) is 0.580. The molecule has 0 aliphatic carbocycles. The lowest BCUT2D eigenvalue weighted by molar-refractivity contribution is 0.489. The van der Waals surface area contributed by atoms with Crippen LogP contribution in [-0.2, 0) is 7.05 Å². The summed E-state index contributed by atoms with van der Waals surface area (Å²) in [6.07, 6.45) is 7.49. The Balaban J connectivity index is 2.63. The SMILES string of the molecule is CCCC(NC)C(CC)Sc1nccn1C. The van der Waals surface area contributed by atoms with E-state index in [9.17, 15) is 0 Å². The van der Waals surface area contributed by atoms with Gasteiger partial charge in [-0.1, -0.05) is 32.0 Å². The molecule has 2 unspecified atom stereocenters. The highest BCUT2D eigenvalue weighted by molar-refractivity contribution is 7.99. The molecule has 0 aliphatic rings. The van der Waals surface area contributed by atoms with Gasteiger partial charge in [-0.15, -0.1) is 0 Å². The van der Waals surface area contributed by atoms with Crippen LogP contribution >= 0.6 is 11.8 Å². The van der Waals surface area contributed by atoms with E-state index in [1.807, 2.05) is 24.2 Å². The van der Waals surface area contributed by atoms with Gasteiger partial charge in [0.05, 0.1) is 0 Å². The molecule has 2 atom stereocenters. The summed E-state index contributed by atoms with van der Waals surface area (Å²) in [5, 5.41) is 5.14. The van der Waals surface area contributed by atoms with Gasteiger partial charge in [-0.25, -0.2) is 4.98 Å². The molecule has 0 radical (unpaired) electrons. The summed E-state index contributed by atoms with van der Waals surface area (Å²) >= 11 is 1.88. The number of imidazole rings is 1. The second-order valence-corrected chi connectivity index (χ2v) is 5.28. The van der Waals surface area contributed by atoms with E-state index in [1.165, 1.54) is 19.3 Å². The average molecular weight is 241 g/mol. The van der Waals surface area contributed by atoms with Crippen molar-refractivity contribution in [2.45, 2.75) is 49.6 Å². The number of nitrogens with one attached hydrogen (secondary N) is 1. The van der Waals surface area contributed by atoms with E-state index in [1.54, 1.807) is 0 Å². The van der Waals surface area contributed by atoms with Gasteiger partial charge in [-0.05, 0) is 19.9 Å². The van der Waals surface area contributed by atoms with Gasteiger partial charge in [-0.3, -0.25) is 0 Å². The predicted molar refractivity (Wildman–Crippen MR) is 70.9 cm³/mol. The highest BCUT2D eigenvalue weighted by Crippen LogP contribution is 2.27. The van der Waals surface area contributed by atoms with Crippen LogP contribution in [0.3, 0.4) is 0 Å². The van der Waals surface area contributed by atoms with Crippen molar-refractivity contribution in [1.82, 2.24) is 14.9 Å². The molecule has 0 spiro atoms. The fourth-order valence-corrected chi connectivity index (χ4v) is 3.10. The number of hydrogen-bond acceptors (Lipinski definition) is 3. The molecular formula is C12H23N3S. The Morgan fingerprint density at radius 2 is 2.25 bits per heavy atom. The fraction of sp³-hybridized carbons (Fsp3) is 0.750. The van der Waals surface area contributed by atoms with Gasteiger partial charge in [0.15, 0.2) is 5.16 Å². The molecule has 0 bridgehead atoms. The fourth-order valence-electron chi connectivity index (χ4n) is 1.88. The zero-order valence-electron chi connectivity index (χ0n) is 10.7. The molecule has 1 N–H and O–H groups in total. The van der Waals surface area contributed by atoms with Gasteiger partial charge in [0.25, 0.3) is 0 Å². The number of thioether (sulfide) groups is 1. The molecular weight excluding hydrogens is 218 g/mol. The van der Waals surface area contributed by atoms with E-state index in [2.05, 4.69) is 42.8 Å². The number of nitrogens with zero attached hydrogens (tertiary/aromatic N) is 2. The summed E-state index contributed by atoms with van der Waals surface area (Å²) in [4.78, 5) is 4.38. The average Bonchev–Trinajstić information content (AvgIpc) is 2.69. The van der Waals surface area contributed by atoms with Crippen LogP contribution < -0.4 is 5.32 Å². The van der Waals surface area contributed by atoms with Crippen LogP contribution in [0.2, 0.25) is 0 Å². The molecule has 0 aliphatic heterocycles. The summed E-state index contributed by atoms with van der Waals surface area (Å²) in [5.74, 6) is 0. The molecule has 16 heavy (non-hydrogen) atoms. The maximum absolute atomic E-state index is 4.38. The van der Waals surface area contributed by atoms with Gasteiger partial charge in [0, 0.05) is 30.7 Å².